The van der Waals surface area contributed by atoms with Gasteiger partial charge in [-0.05, 0) is 55.2 Å². The number of primary amides is 1. The number of carbonyl (C=O) groups is 2. The zero-order valence-electron chi connectivity index (χ0n) is 11.5. The lowest BCUT2D eigenvalue weighted by Gasteiger charge is -2.20. The van der Waals surface area contributed by atoms with Crippen LogP contribution in [-0.2, 0) is 4.79 Å². The van der Waals surface area contributed by atoms with E-state index in [2.05, 4.69) is 5.32 Å². The topological polar surface area (TPSA) is 72.2 Å². The summed E-state index contributed by atoms with van der Waals surface area (Å²) in [5.74, 6) is 1.73. The summed E-state index contributed by atoms with van der Waals surface area (Å²) in [6.07, 6.45) is 5.76. The summed E-state index contributed by atoms with van der Waals surface area (Å²) in [5.41, 5.74) is 6.30. The van der Waals surface area contributed by atoms with Gasteiger partial charge < -0.3 is 11.1 Å². The van der Waals surface area contributed by atoms with Gasteiger partial charge in [0.05, 0.1) is 0 Å². The Kier molecular flexibility index (Phi) is 3.47. The minimum Gasteiger partial charge on any atom is -0.366 e. The third-order valence-electron chi connectivity index (χ3n) is 4.76. The Balaban J connectivity index is 1.59. The molecule has 0 aliphatic heterocycles. The van der Waals surface area contributed by atoms with E-state index in [1.165, 1.54) is 25.7 Å². The summed E-state index contributed by atoms with van der Waals surface area (Å²) in [6, 6.07) is 6.79. The number of benzene rings is 1. The molecule has 2 fully saturated rings. The number of hydrogen-bond acceptors (Lipinski definition) is 2. The second kappa shape index (κ2) is 5.27. The van der Waals surface area contributed by atoms with Crippen molar-refractivity contribution in [2.45, 2.75) is 32.1 Å². The number of rotatable bonds is 4. The lowest BCUT2D eigenvalue weighted by molar-refractivity contribution is -0.117. The molecule has 4 heteroatoms. The number of carbonyl (C=O) groups excluding carboxylic acids is 2. The molecule has 2 bridgehead atoms. The molecule has 0 radical (unpaired) electrons. The summed E-state index contributed by atoms with van der Waals surface area (Å²) >= 11 is 0. The van der Waals surface area contributed by atoms with Crippen molar-refractivity contribution >= 4 is 17.5 Å². The molecule has 3 unspecified atom stereocenters. The molecule has 106 valence electrons. The van der Waals surface area contributed by atoms with Gasteiger partial charge in [-0.15, -0.1) is 0 Å². The fourth-order valence-corrected chi connectivity index (χ4v) is 3.83. The van der Waals surface area contributed by atoms with Crippen LogP contribution in [0.3, 0.4) is 0 Å². The van der Waals surface area contributed by atoms with E-state index in [-0.39, 0.29) is 5.91 Å². The third kappa shape index (κ3) is 2.69. The predicted molar refractivity (Wildman–Crippen MR) is 77.1 cm³/mol. The number of nitrogens with one attached hydrogen (secondary N) is 1. The van der Waals surface area contributed by atoms with Crippen LogP contribution in [0.25, 0.3) is 0 Å². The van der Waals surface area contributed by atoms with Crippen LogP contribution in [-0.4, -0.2) is 11.8 Å². The van der Waals surface area contributed by atoms with E-state index in [1.807, 2.05) is 0 Å². The van der Waals surface area contributed by atoms with E-state index in [9.17, 15) is 9.59 Å². The average Bonchev–Trinajstić information content (AvgIpc) is 3.01. The maximum atomic E-state index is 12.1. The van der Waals surface area contributed by atoms with Crippen LogP contribution in [0, 0.1) is 17.8 Å². The van der Waals surface area contributed by atoms with Gasteiger partial charge in [0.2, 0.25) is 11.8 Å². The van der Waals surface area contributed by atoms with Gasteiger partial charge in [0.15, 0.2) is 0 Å². The lowest BCUT2D eigenvalue weighted by atomic mass is 9.86. The highest BCUT2D eigenvalue weighted by Gasteiger charge is 2.40. The molecule has 3 rings (SSSR count). The van der Waals surface area contributed by atoms with Crippen molar-refractivity contribution in [1.82, 2.24) is 0 Å². The maximum absolute atomic E-state index is 12.1. The van der Waals surface area contributed by atoms with Crippen LogP contribution < -0.4 is 11.1 Å². The van der Waals surface area contributed by atoms with Gasteiger partial charge in [-0.3, -0.25) is 9.59 Å². The monoisotopic (exact) mass is 272 g/mol. The normalized spacial score (nSPS) is 27.5. The molecule has 3 atom stereocenters. The quantitative estimate of drug-likeness (QED) is 0.884. The summed E-state index contributed by atoms with van der Waals surface area (Å²) in [7, 11) is 0. The van der Waals surface area contributed by atoms with Crippen LogP contribution >= 0.6 is 0 Å². The van der Waals surface area contributed by atoms with Gasteiger partial charge in [-0.2, -0.15) is 0 Å². The van der Waals surface area contributed by atoms with Crippen LogP contribution in [0.15, 0.2) is 24.3 Å². The Hall–Kier alpha value is -1.84. The highest BCUT2D eigenvalue weighted by atomic mass is 16.2. The number of hydrogen-bond donors (Lipinski definition) is 2. The Morgan fingerprint density at radius 3 is 2.75 bits per heavy atom. The van der Waals surface area contributed by atoms with Crippen LogP contribution in [0.1, 0.15) is 42.5 Å². The van der Waals surface area contributed by atoms with Gasteiger partial charge in [0.1, 0.15) is 0 Å². The Morgan fingerprint density at radius 2 is 2.10 bits per heavy atom. The number of nitrogens with two attached hydrogens (primary N) is 1. The van der Waals surface area contributed by atoms with Crippen molar-refractivity contribution in [1.29, 1.82) is 0 Å². The first kappa shape index (κ1) is 13.2. The highest BCUT2D eigenvalue weighted by molar-refractivity contribution is 5.96. The lowest BCUT2D eigenvalue weighted by Crippen LogP contribution is -2.20. The van der Waals surface area contributed by atoms with Crippen molar-refractivity contribution in [3.8, 4) is 0 Å². The van der Waals surface area contributed by atoms with Crippen molar-refractivity contribution in [3.05, 3.63) is 29.8 Å². The van der Waals surface area contributed by atoms with Crippen molar-refractivity contribution in [2.24, 2.45) is 23.5 Å². The molecular formula is C16H20N2O2. The third-order valence-corrected chi connectivity index (χ3v) is 4.76. The predicted octanol–water partition coefficient (Wildman–Crippen LogP) is 2.55. The maximum Gasteiger partial charge on any atom is 0.248 e. The van der Waals surface area contributed by atoms with Gasteiger partial charge in [0.25, 0.3) is 0 Å². The average molecular weight is 272 g/mol. The highest BCUT2D eigenvalue weighted by Crippen LogP contribution is 2.49. The van der Waals surface area contributed by atoms with Crippen molar-refractivity contribution in [2.75, 3.05) is 5.32 Å². The minimum absolute atomic E-state index is 0.0455. The second-order valence-electron chi connectivity index (χ2n) is 6.13. The summed E-state index contributed by atoms with van der Waals surface area (Å²) in [5, 5.41) is 2.88. The fourth-order valence-electron chi connectivity index (χ4n) is 3.83. The van der Waals surface area contributed by atoms with E-state index in [0.29, 0.717) is 23.6 Å². The zero-order valence-corrected chi connectivity index (χ0v) is 11.5. The molecule has 0 aromatic heterocycles. The largest absolute Gasteiger partial charge is 0.366 e. The van der Waals surface area contributed by atoms with Crippen LogP contribution in [0.4, 0.5) is 5.69 Å². The molecule has 0 spiro atoms. The number of fused-ring (bicyclic) bond motifs is 2. The number of amides is 2. The molecule has 1 aromatic carbocycles. The summed E-state index contributed by atoms with van der Waals surface area (Å²) in [6.45, 7) is 0. The summed E-state index contributed by atoms with van der Waals surface area (Å²) in [4.78, 5) is 23.2. The molecule has 2 aliphatic carbocycles. The van der Waals surface area contributed by atoms with Crippen LogP contribution in [0.5, 0.6) is 0 Å². The van der Waals surface area contributed by atoms with Crippen molar-refractivity contribution in [3.63, 3.8) is 0 Å². The minimum atomic E-state index is -0.478. The Labute approximate surface area is 118 Å². The van der Waals surface area contributed by atoms with E-state index in [1.54, 1.807) is 24.3 Å². The second-order valence-corrected chi connectivity index (χ2v) is 6.13. The molecule has 2 amide bonds. The molecule has 0 heterocycles. The molecule has 20 heavy (non-hydrogen) atoms. The molecular weight excluding hydrogens is 252 g/mol. The van der Waals surface area contributed by atoms with Crippen LogP contribution in [0.2, 0.25) is 0 Å². The first-order chi connectivity index (χ1) is 9.61. The summed E-state index contributed by atoms with van der Waals surface area (Å²) < 4.78 is 0. The van der Waals surface area contributed by atoms with E-state index in [0.717, 1.165) is 11.8 Å². The standard InChI is InChI=1S/C16H20N2O2/c17-16(20)12-2-1-3-14(8-12)18-15(19)9-13-7-10-4-5-11(13)6-10/h1-3,8,10-11,13H,4-7,9H2,(H2,17,20)(H,18,19). The zero-order chi connectivity index (χ0) is 14.1. The first-order valence-electron chi connectivity index (χ1n) is 7.31. The molecule has 4 nitrogen and oxygen atoms in total. The van der Waals surface area contributed by atoms with E-state index >= 15 is 0 Å². The molecule has 3 N–H and O–H groups in total. The molecule has 2 aliphatic rings. The van der Waals surface area contributed by atoms with Gasteiger partial charge in [0, 0.05) is 17.7 Å². The molecule has 1 aromatic rings. The molecule has 0 saturated heterocycles. The van der Waals surface area contributed by atoms with Gasteiger partial charge >= 0.3 is 0 Å². The van der Waals surface area contributed by atoms with E-state index < -0.39 is 5.91 Å². The smallest absolute Gasteiger partial charge is 0.248 e. The first-order valence-corrected chi connectivity index (χ1v) is 7.31. The Morgan fingerprint density at radius 1 is 1.25 bits per heavy atom. The van der Waals surface area contributed by atoms with E-state index in [4.69, 9.17) is 5.73 Å². The van der Waals surface area contributed by atoms with Gasteiger partial charge in [-0.25, -0.2) is 0 Å². The fraction of sp³-hybridized carbons (Fsp3) is 0.500. The SMILES string of the molecule is NC(=O)c1cccc(NC(=O)CC2CC3CCC2C3)c1. The molecule has 2 saturated carbocycles. The Bertz CT molecular complexity index is 541. The van der Waals surface area contributed by atoms with Crippen molar-refractivity contribution < 1.29 is 9.59 Å². The van der Waals surface area contributed by atoms with Gasteiger partial charge in [-0.1, -0.05) is 12.5 Å². The number of anilines is 1.